The molecule has 2 nitrogen and oxygen atoms in total. The minimum absolute atomic E-state index is 0.0288. The summed E-state index contributed by atoms with van der Waals surface area (Å²) in [4.78, 5) is 0. The van der Waals surface area contributed by atoms with Crippen molar-refractivity contribution in [1.82, 2.24) is 0 Å². The monoisotopic (exact) mass is 282 g/mol. The molecule has 13 heavy (non-hydrogen) atoms. The van der Waals surface area contributed by atoms with Gasteiger partial charge in [-0.15, -0.1) is 0 Å². The summed E-state index contributed by atoms with van der Waals surface area (Å²) >= 11 is 13.5. The van der Waals surface area contributed by atoms with Gasteiger partial charge < -0.3 is 11.1 Å². The van der Waals surface area contributed by atoms with Crippen molar-refractivity contribution >= 4 is 50.5 Å². The molecule has 1 rings (SSSR count). The first kappa shape index (κ1) is 10.7. The second-order valence-corrected chi connectivity index (χ2v) is 3.88. The van der Waals surface area contributed by atoms with Crippen molar-refractivity contribution in [3.05, 3.63) is 27.4 Å². The van der Waals surface area contributed by atoms with Gasteiger partial charge in [0.05, 0.1) is 10.7 Å². The predicted octanol–water partition coefficient (Wildman–Crippen LogP) is 2.90. The van der Waals surface area contributed by atoms with E-state index in [9.17, 15) is 4.39 Å². The second kappa shape index (κ2) is 4.21. The molecule has 0 aliphatic carbocycles. The summed E-state index contributed by atoms with van der Waals surface area (Å²) in [5, 5.41) is 2.64. The van der Waals surface area contributed by atoms with Gasteiger partial charge in [0.2, 0.25) is 0 Å². The van der Waals surface area contributed by atoms with E-state index in [2.05, 4.69) is 33.5 Å². The summed E-state index contributed by atoms with van der Waals surface area (Å²) in [6.07, 6.45) is 0. The third-order valence-corrected chi connectivity index (χ3v) is 2.68. The van der Waals surface area contributed by atoms with E-state index in [4.69, 9.17) is 17.3 Å². The molecule has 1 aromatic carbocycles. The highest BCUT2D eigenvalue weighted by Gasteiger charge is 2.10. The van der Waals surface area contributed by atoms with Crippen molar-refractivity contribution in [2.24, 2.45) is 5.73 Å². The zero-order chi connectivity index (χ0) is 10.0. The average Bonchev–Trinajstić information content (AvgIpc) is 2.05. The number of nitrogens with one attached hydrogen (secondary N) is 1. The molecule has 70 valence electrons. The number of nitrogens with two attached hydrogens (primary N) is 1. The molecule has 0 unspecified atom stereocenters. The van der Waals surface area contributed by atoms with Gasteiger partial charge in [-0.2, -0.15) is 0 Å². The van der Waals surface area contributed by atoms with Crippen molar-refractivity contribution in [3.8, 4) is 0 Å². The van der Waals surface area contributed by atoms with Gasteiger partial charge in [-0.25, -0.2) is 4.39 Å². The normalized spacial score (nSPS) is 9.77. The number of anilines is 1. The maximum absolute atomic E-state index is 13.1. The van der Waals surface area contributed by atoms with Crippen LogP contribution in [-0.4, -0.2) is 5.11 Å². The molecule has 0 spiro atoms. The molecule has 0 atom stereocenters. The Morgan fingerprint density at radius 2 is 2.23 bits per heavy atom. The summed E-state index contributed by atoms with van der Waals surface area (Å²) in [5.41, 5.74) is 5.28. The topological polar surface area (TPSA) is 38.0 Å². The van der Waals surface area contributed by atoms with Crippen molar-refractivity contribution in [1.29, 1.82) is 0 Å². The van der Waals surface area contributed by atoms with E-state index in [-0.39, 0.29) is 15.8 Å². The Morgan fingerprint density at radius 1 is 1.62 bits per heavy atom. The van der Waals surface area contributed by atoms with Gasteiger partial charge in [0.15, 0.2) is 5.11 Å². The van der Waals surface area contributed by atoms with Crippen LogP contribution in [0.5, 0.6) is 0 Å². The number of hydrogen-bond acceptors (Lipinski definition) is 1. The Kier molecular flexibility index (Phi) is 3.47. The summed E-state index contributed by atoms with van der Waals surface area (Å²) in [7, 11) is 0. The highest BCUT2D eigenvalue weighted by Crippen LogP contribution is 2.32. The molecule has 0 bridgehead atoms. The first-order chi connectivity index (χ1) is 6.02. The van der Waals surface area contributed by atoms with Gasteiger partial charge in [0, 0.05) is 4.47 Å². The van der Waals surface area contributed by atoms with E-state index < -0.39 is 5.82 Å². The fraction of sp³-hybridized carbons (Fsp3) is 0. The third-order valence-electron chi connectivity index (χ3n) is 1.29. The second-order valence-electron chi connectivity index (χ2n) is 2.21. The van der Waals surface area contributed by atoms with E-state index >= 15 is 0 Å². The maximum Gasteiger partial charge on any atom is 0.168 e. The standard InChI is InChI=1S/C7H5BrClFN2S/c8-3-1-2-4(10)6(5(3)9)12-7(11)13/h1-2H,(H3,11,12,13). The Bertz CT molecular complexity index is 359. The van der Waals surface area contributed by atoms with Crippen molar-refractivity contribution in [2.75, 3.05) is 5.32 Å². The van der Waals surface area contributed by atoms with E-state index in [0.717, 1.165) is 0 Å². The lowest BCUT2D eigenvalue weighted by atomic mass is 10.3. The summed E-state index contributed by atoms with van der Waals surface area (Å²) in [5.74, 6) is -0.499. The zero-order valence-electron chi connectivity index (χ0n) is 6.27. The molecule has 0 radical (unpaired) electrons. The summed E-state index contributed by atoms with van der Waals surface area (Å²) in [6, 6.07) is 2.76. The Hall–Kier alpha value is -0.390. The lowest BCUT2D eigenvalue weighted by Gasteiger charge is -2.08. The van der Waals surface area contributed by atoms with Crippen LogP contribution in [0.4, 0.5) is 10.1 Å². The third kappa shape index (κ3) is 2.52. The summed E-state index contributed by atoms with van der Waals surface area (Å²) in [6.45, 7) is 0. The van der Waals surface area contributed by atoms with E-state index in [1.54, 1.807) is 0 Å². The van der Waals surface area contributed by atoms with Crippen LogP contribution in [0.15, 0.2) is 16.6 Å². The van der Waals surface area contributed by atoms with Gasteiger partial charge in [0.1, 0.15) is 5.82 Å². The number of hydrogen-bond donors (Lipinski definition) is 2. The summed E-state index contributed by atoms with van der Waals surface area (Å²) < 4.78 is 13.7. The molecule has 0 aliphatic heterocycles. The van der Waals surface area contributed by atoms with Gasteiger partial charge >= 0.3 is 0 Å². The largest absolute Gasteiger partial charge is 0.376 e. The minimum atomic E-state index is -0.499. The molecular weight excluding hydrogens is 279 g/mol. The van der Waals surface area contributed by atoms with Crippen molar-refractivity contribution < 1.29 is 4.39 Å². The SMILES string of the molecule is NC(=S)Nc1c(F)ccc(Br)c1Cl. The van der Waals surface area contributed by atoms with Crippen molar-refractivity contribution in [2.45, 2.75) is 0 Å². The number of halogens is 3. The molecule has 0 aromatic heterocycles. The number of benzene rings is 1. The van der Waals surface area contributed by atoms with Crippen LogP contribution in [0.1, 0.15) is 0 Å². The van der Waals surface area contributed by atoms with E-state index in [1.807, 2.05) is 0 Å². The molecule has 0 fully saturated rings. The molecule has 0 heterocycles. The lowest BCUT2D eigenvalue weighted by molar-refractivity contribution is 0.632. The molecule has 6 heteroatoms. The van der Waals surface area contributed by atoms with Crippen LogP contribution in [0.25, 0.3) is 0 Å². The first-order valence-electron chi connectivity index (χ1n) is 3.22. The molecule has 3 N–H and O–H groups in total. The molecule has 0 saturated heterocycles. The molecule has 0 saturated carbocycles. The minimum Gasteiger partial charge on any atom is -0.376 e. The van der Waals surface area contributed by atoms with E-state index in [0.29, 0.717) is 4.47 Å². The zero-order valence-corrected chi connectivity index (χ0v) is 9.43. The van der Waals surface area contributed by atoms with Crippen LogP contribution in [-0.2, 0) is 0 Å². The van der Waals surface area contributed by atoms with Gasteiger partial charge in [-0.3, -0.25) is 0 Å². The fourth-order valence-corrected chi connectivity index (χ4v) is 1.40. The molecule has 0 aliphatic rings. The quantitative estimate of drug-likeness (QED) is 0.615. The molecule has 1 aromatic rings. The Labute approximate surface area is 93.4 Å². The predicted molar refractivity (Wildman–Crippen MR) is 59.5 cm³/mol. The Morgan fingerprint density at radius 3 is 2.77 bits per heavy atom. The lowest BCUT2D eigenvalue weighted by Crippen LogP contribution is -2.20. The van der Waals surface area contributed by atoms with Gasteiger partial charge in [-0.05, 0) is 40.3 Å². The van der Waals surface area contributed by atoms with Crippen LogP contribution in [0.3, 0.4) is 0 Å². The molecule has 0 amide bonds. The van der Waals surface area contributed by atoms with E-state index in [1.165, 1.54) is 12.1 Å². The first-order valence-corrected chi connectivity index (χ1v) is 4.80. The van der Waals surface area contributed by atoms with Gasteiger partial charge in [-0.1, -0.05) is 11.6 Å². The van der Waals surface area contributed by atoms with Crippen LogP contribution in [0.2, 0.25) is 5.02 Å². The van der Waals surface area contributed by atoms with Crippen LogP contribution in [0, 0.1) is 5.82 Å². The fourth-order valence-electron chi connectivity index (χ4n) is 0.765. The highest BCUT2D eigenvalue weighted by atomic mass is 79.9. The highest BCUT2D eigenvalue weighted by molar-refractivity contribution is 9.10. The smallest absolute Gasteiger partial charge is 0.168 e. The van der Waals surface area contributed by atoms with Crippen molar-refractivity contribution in [3.63, 3.8) is 0 Å². The Balaban J connectivity index is 3.17. The van der Waals surface area contributed by atoms with Gasteiger partial charge in [0.25, 0.3) is 0 Å². The maximum atomic E-state index is 13.1. The average molecular weight is 284 g/mol. The number of rotatable bonds is 1. The van der Waals surface area contributed by atoms with Crippen LogP contribution < -0.4 is 11.1 Å². The number of thiocarbonyl (C=S) groups is 1. The molecular formula is C7H5BrClFN2S. The van der Waals surface area contributed by atoms with Crippen LogP contribution >= 0.6 is 39.7 Å².